The van der Waals surface area contributed by atoms with Crippen LogP contribution in [0.1, 0.15) is 46.5 Å². The molecule has 0 aromatic carbocycles. The van der Waals surface area contributed by atoms with Gasteiger partial charge in [-0.2, -0.15) is 0 Å². The molecule has 0 radical (unpaired) electrons. The topological polar surface area (TPSA) is 17.1 Å². The highest BCUT2D eigenvalue weighted by Gasteiger charge is 2.55. The van der Waals surface area contributed by atoms with Crippen molar-refractivity contribution in [2.24, 2.45) is 17.3 Å². The van der Waals surface area contributed by atoms with Crippen LogP contribution < -0.4 is 0 Å². The van der Waals surface area contributed by atoms with Crippen LogP contribution in [0.15, 0.2) is 23.3 Å². The summed E-state index contributed by atoms with van der Waals surface area (Å²) in [5.74, 6) is 1.53. The highest BCUT2D eigenvalue weighted by atomic mass is 16.1. The standard InChI is InChI=1S/C15H22O/c1-11-5-4-6-12(10-16)7-8-13-14(9-11)15(13,2)3/h6,9-10,13-14H,4-5,7-8H2,1-3H3. The number of carbonyl (C=O) groups excluding carboxylic acids is 1. The molecule has 0 amide bonds. The Labute approximate surface area is 98.6 Å². The van der Waals surface area contributed by atoms with Crippen molar-refractivity contribution >= 4 is 6.29 Å². The van der Waals surface area contributed by atoms with Gasteiger partial charge < -0.3 is 0 Å². The highest BCUT2D eigenvalue weighted by molar-refractivity contribution is 5.73. The lowest BCUT2D eigenvalue weighted by atomic mass is 10.0. The van der Waals surface area contributed by atoms with E-state index < -0.39 is 0 Å². The van der Waals surface area contributed by atoms with Crippen LogP contribution in [0.25, 0.3) is 0 Å². The van der Waals surface area contributed by atoms with Gasteiger partial charge in [0.25, 0.3) is 0 Å². The number of fused-ring (bicyclic) bond motifs is 1. The third-order valence-electron chi connectivity index (χ3n) is 4.44. The number of carbonyl (C=O) groups is 1. The van der Waals surface area contributed by atoms with Crippen molar-refractivity contribution in [2.75, 3.05) is 0 Å². The largest absolute Gasteiger partial charge is 0.298 e. The summed E-state index contributed by atoms with van der Waals surface area (Å²) in [6.07, 6.45) is 9.92. The molecule has 2 atom stereocenters. The van der Waals surface area contributed by atoms with Crippen LogP contribution in [0.2, 0.25) is 0 Å². The molecule has 2 rings (SSSR count). The van der Waals surface area contributed by atoms with Crippen LogP contribution in [0.5, 0.6) is 0 Å². The van der Waals surface area contributed by atoms with Crippen molar-refractivity contribution < 1.29 is 4.79 Å². The molecule has 0 heterocycles. The van der Waals surface area contributed by atoms with Gasteiger partial charge in [0.05, 0.1) is 0 Å². The third-order valence-corrected chi connectivity index (χ3v) is 4.44. The van der Waals surface area contributed by atoms with Crippen molar-refractivity contribution in [3.63, 3.8) is 0 Å². The molecular weight excluding hydrogens is 196 g/mol. The second kappa shape index (κ2) is 4.20. The summed E-state index contributed by atoms with van der Waals surface area (Å²) in [4.78, 5) is 10.9. The predicted molar refractivity (Wildman–Crippen MR) is 67.1 cm³/mol. The number of allylic oxidation sites excluding steroid dienone is 4. The monoisotopic (exact) mass is 218 g/mol. The number of hydrogen-bond acceptors (Lipinski definition) is 1. The summed E-state index contributed by atoms with van der Waals surface area (Å²) >= 11 is 0. The molecule has 16 heavy (non-hydrogen) atoms. The van der Waals surface area contributed by atoms with E-state index in [1.54, 1.807) is 0 Å². The Morgan fingerprint density at radius 1 is 1.38 bits per heavy atom. The maximum atomic E-state index is 10.9. The maximum absolute atomic E-state index is 10.9. The van der Waals surface area contributed by atoms with Crippen molar-refractivity contribution in [3.8, 4) is 0 Å². The van der Waals surface area contributed by atoms with Gasteiger partial charge in [0.15, 0.2) is 0 Å². The summed E-state index contributed by atoms with van der Waals surface area (Å²) in [6.45, 7) is 6.93. The zero-order chi connectivity index (χ0) is 11.8. The second-order valence-corrected chi connectivity index (χ2v) is 5.94. The first-order valence-corrected chi connectivity index (χ1v) is 6.37. The second-order valence-electron chi connectivity index (χ2n) is 5.94. The molecule has 1 heteroatoms. The van der Waals surface area contributed by atoms with Crippen LogP contribution in [0.3, 0.4) is 0 Å². The minimum atomic E-state index is 0.458. The van der Waals surface area contributed by atoms with E-state index in [0.717, 1.165) is 43.0 Å². The fourth-order valence-electron chi connectivity index (χ4n) is 3.08. The zero-order valence-electron chi connectivity index (χ0n) is 10.6. The molecule has 0 N–H and O–H groups in total. The SMILES string of the molecule is CC1=CC2C(CCC(C=O)=CCC1)C2(C)C. The Morgan fingerprint density at radius 3 is 2.81 bits per heavy atom. The van der Waals surface area contributed by atoms with Crippen molar-refractivity contribution in [1.29, 1.82) is 0 Å². The van der Waals surface area contributed by atoms with Gasteiger partial charge in [0.1, 0.15) is 6.29 Å². The molecule has 0 aromatic rings. The summed E-state index contributed by atoms with van der Waals surface area (Å²) in [5, 5.41) is 0. The van der Waals surface area contributed by atoms with Crippen LogP contribution >= 0.6 is 0 Å². The lowest BCUT2D eigenvalue weighted by Gasteiger charge is -2.04. The van der Waals surface area contributed by atoms with Gasteiger partial charge in [-0.3, -0.25) is 4.79 Å². The molecule has 2 unspecified atom stereocenters. The predicted octanol–water partition coefficient (Wildman–Crippen LogP) is 3.90. The summed E-state index contributed by atoms with van der Waals surface area (Å²) in [7, 11) is 0. The van der Waals surface area contributed by atoms with Crippen LogP contribution in [-0.2, 0) is 4.79 Å². The van der Waals surface area contributed by atoms with Gasteiger partial charge in [-0.05, 0) is 55.4 Å². The molecule has 1 nitrogen and oxygen atoms in total. The van der Waals surface area contributed by atoms with Gasteiger partial charge in [-0.15, -0.1) is 0 Å². The number of aldehydes is 1. The fraction of sp³-hybridized carbons (Fsp3) is 0.667. The maximum Gasteiger partial charge on any atom is 0.145 e. The van der Waals surface area contributed by atoms with Crippen molar-refractivity contribution in [3.05, 3.63) is 23.3 Å². The normalized spacial score (nSPS) is 33.2. The average Bonchev–Trinajstić information content (AvgIpc) is 2.74. The van der Waals surface area contributed by atoms with E-state index in [4.69, 9.17) is 0 Å². The Hall–Kier alpha value is -0.850. The Balaban J connectivity index is 2.15. The Kier molecular flexibility index (Phi) is 3.05. The minimum Gasteiger partial charge on any atom is -0.298 e. The molecule has 2 aliphatic carbocycles. The summed E-state index contributed by atoms with van der Waals surface area (Å²) in [6, 6.07) is 0. The van der Waals surface area contributed by atoms with E-state index in [2.05, 4.69) is 32.9 Å². The molecule has 2 aliphatic rings. The quantitative estimate of drug-likeness (QED) is 0.482. The molecule has 0 bridgehead atoms. The van der Waals surface area contributed by atoms with Crippen molar-refractivity contribution in [1.82, 2.24) is 0 Å². The highest BCUT2D eigenvalue weighted by Crippen LogP contribution is 2.61. The van der Waals surface area contributed by atoms with E-state index in [0.29, 0.717) is 5.41 Å². The van der Waals surface area contributed by atoms with Gasteiger partial charge in [0.2, 0.25) is 0 Å². The third kappa shape index (κ3) is 2.14. The number of rotatable bonds is 1. The minimum absolute atomic E-state index is 0.458. The van der Waals surface area contributed by atoms with E-state index in [9.17, 15) is 4.79 Å². The van der Waals surface area contributed by atoms with E-state index in [1.165, 1.54) is 12.0 Å². The summed E-state index contributed by atoms with van der Waals surface area (Å²) < 4.78 is 0. The number of hydrogen-bond donors (Lipinski definition) is 0. The van der Waals surface area contributed by atoms with E-state index in [1.807, 2.05) is 0 Å². The molecule has 0 saturated heterocycles. The molecule has 1 fully saturated rings. The lowest BCUT2D eigenvalue weighted by Crippen LogP contribution is -1.93. The van der Waals surface area contributed by atoms with Gasteiger partial charge in [0, 0.05) is 0 Å². The van der Waals surface area contributed by atoms with E-state index in [-0.39, 0.29) is 0 Å². The molecule has 88 valence electrons. The summed E-state index contributed by atoms with van der Waals surface area (Å²) in [5.41, 5.74) is 2.96. The Morgan fingerprint density at radius 2 is 2.12 bits per heavy atom. The molecule has 0 aromatic heterocycles. The molecular formula is C15H22O. The van der Waals surface area contributed by atoms with Gasteiger partial charge in [-0.25, -0.2) is 0 Å². The lowest BCUT2D eigenvalue weighted by molar-refractivity contribution is -0.105. The first-order chi connectivity index (χ1) is 7.55. The average molecular weight is 218 g/mol. The Bertz CT molecular complexity index is 346. The fourth-order valence-corrected chi connectivity index (χ4v) is 3.08. The first kappa shape index (κ1) is 11.6. The van der Waals surface area contributed by atoms with Crippen molar-refractivity contribution in [2.45, 2.75) is 46.5 Å². The van der Waals surface area contributed by atoms with Gasteiger partial charge >= 0.3 is 0 Å². The molecule has 1 saturated carbocycles. The molecule has 0 spiro atoms. The van der Waals surface area contributed by atoms with E-state index >= 15 is 0 Å². The van der Waals surface area contributed by atoms with Crippen LogP contribution in [0.4, 0.5) is 0 Å². The molecule has 0 aliphatic heterocycles. The van der Waals surface area contributed by atoms with Gasteiger partial charge in [-0.1, -0.05) is 31.6 Å². The van der Waals surface area contributed by atoms with Crippen LogP contribution in [-0.4, -0.2) is 6.29 Å². The smallest absolute Gasteiger partial charge is 0.145 e. The van der Waals surface area contributed by atoms with Crippen LogP contribution in [0, 0.1) is 17.3 Å². The first-order valence-electron chi connectivity index (χ1n) is 6.37. The zero-order valence-corrected chi connectivity index (χ0v) is 10.6.